The number of ether oxygens (including phenoxy) is 1. The second-order valence-electron chi connectivity index (χ2n) is 4.42. The third-order valence-corrected chi connectivity index (χ3v) is 3.52. The summed E-state index contributed by atoms with van der Waals surface area (Å²) >= 11 is 17.6. The molecule has 1 unspecified atom stereocenters. The number of hydrogen-bond acceptors (Lipinski definition) is 3. The normalized spacial score (nSPS) is 12.0. The molecule has 0 aliphatic rings. The van der Waals surface area contributed by atoms with Gasteiger partial charge in [-0.05, 0) is 42.5 Å². The first-order valence-corrected chi connectivity index (χ1v) is 7.43. The van der Waals surface area contributed by atoms with Crippen molar-refractivity contribution in [2.24, 2.45) is 0 Å². The van der Waals surface area contributed by atoms with E-state index in [1.807, 2.05) is 0 Å². The van der Waals surface area contributed by atoms with Gasteiger partial charge in [0.25, 0.3) is 0 Å². The summed E-state index contributed by atoms with van der Waals surface area (Å²) in [5, 5.41) is 14.6. The molecule has 0 saturated carbocycles. The molecular formula is C15H14Cl3NO2. The molecule has 0 saturated heterocycles. The molecule has 3 nitrogen and oxygen atoms in total. The average molecular weight is 347 g/mol. The Hall–Kier alpha value is -1.13. The molecule has 2 aromatic carbocycles. The topological polar surface area (TPSA) is 41.5 Å². The molecule has 0 amide bonds. The van der Waals surface area contributed by atoms with Crippen LogP contribution >= 0.6 is 34.8 Å². The van der Waals surface area contributed by atoms with E-state index in [1.54, 1.807) is 42.5 Å². The van der Waals surface area contributed by atoms with Crippen LogP contribution in [0.25, 0.3) is 0 Å². The van der Waals surface area contributed by atoms with E-state index in [2.05, 4.69) is 5.32 Å². The van der Waals surface area contributed by atoms with Gasteiger partial charge in [-0.15, -0.1) is 0 Å². The first-order chi connectivity index (χ1) is 10.0. The highest BCUT2D eigenvalue weighted by molar-refractivity contribution is 6.36. The molecule has 1 atom stereocenters. The Bertz CT molecular complexity index is 590. The molecule has 2 N–H and O–H groups in total. The van der Waals surface area contributed by atoms with Crippen LogP contribution in [0.4, 0.5) is 5.69 Å². The molecular weight excluding hydrogens is 333 g/mol. The number of hydrogen-bond donors (Lipinski definition) is 2. The van der Waals surface area contributed by atoms with Crippen molar-refractivity contribution in [3.05, 3.63) is 57.5 Å². The van der Waals surface area contributed by atoms with Gasteiger partial charge < -0.3 is 15.2 Å². The summed E-state index contributed by atoms with van der Waals surface area (Å²) in [6.07, 6.45) is -0.674. The minimum atomic E-state index is -0.674. The number of aliphatic hydroxyl groups excluding tert-OH is 1. The number of nitrogens with one attached hydrogen (secondary N) is 1. The summed E-state index contributed by atoms with van der Waals surface area (Å²) in [4.78, 5) is 0. The molecule has 0 aromatic heterocycles. The molecule has 0 aliphatic carbocycles. The van der Waals surface area contributed by atoms with Crippen LogP contribution < -0.4 is 10.1 Å². The Morgan fingerprint density at radius 3 is 2.33 bits per heavy atom. The number of rotatable bonds is 6. The maximum absolute atomic E-state index is 9.89. The van der Waals surface area contributed by atoms with Crippen LogP contribution in [0.3, 0.4) is 0 Å². The zero-order chi connectivity index (χ0) is 15.2. The minimum absolute atomic E-state index is 0.167. The van der Waals surface area contributed by atoms with Crippen LogP contribution in [0.1, 0.15) is 0 Å². The highest BCUT2D eigenvalue weighted by Gasteiger charge is 2.07. The van der Waals surface area contributed by atoms with Gasteiger partial charge in [0.2, 0.25) is 0 Å². The Morgan fingerprint density at radius 1 is 1.00 bits per heavy atom. The van der Waals surface area contributed by atoms with Crippen molar-refractivity contribution in [1.29, 1.82) is 0 Å². The Labute approximate surface area is 138 Å². The molecule has 0 fully saturated rings. The monoisotopic (exact) mass is 345 g/mol. The molecule has 0 bridgehead atoms. The van der Waals surface area contributed by atoms with Crippen molar-refractivity contribution in [3.8, 4) is 5.75 Å². The SMILES string of the molecule is OC(CNc1ccc(Cl)cc1Cl)COc1ccc(Cl)cc1. The zero-order valence-corrected chi connectivity index (χ0v) is 13.3. The number of benzene rings is 2. The van der Waals surface area contributed by atoms with E-state index in [0.717, 1.165) is 0 Å². The van der Waals surface area contributed by atoms with Gasteiger partial charge in [-0.2, -0.15) is 0 Å². The summed E-state index contributed by atoms with van der Waals surface area (Å²) in [7, 11) is 0. The molecule has 2 rings (SSSR count). The van der Waals surface area contributed by atoms with Crippen LogP contribution in [-0.2, 0) is 0 Å². The lowest BCUT2D eigenvalue weighted by atomic mass is 10.3. The molecule has 6 heteroatoms. The van der Waals surface area contributed by atoms with Gasteiger partial charge >= 0.3 is 0 Å². The maximum Gasteiger partial charge on any atom is 0.119 e. The van der Waals surface area contributed by atoms with Crippen LogP contribution in [0.15, 0.2) is 42.5 Å². The Kier molecular flexibility index (Phi) is 6.00. The van der Waals surface area contributed by atoms with E-state index in [0.29, 0.717) is 33.0 Å². The van der Waals surface area contributed by atoms with Crippen molar-refractivity contribution in [2.75, 3.05) is 18.5 Å². The fourth-order valence-corrected chi connectivity index (χ4v) is 2.24. The summed E-state index contributed by atoms with van der Waals surface area (Å²) in [6.45, 7) is 0.481. The minimum Gasteiger partial charge on any atom is -0.491 e. The van der Waals surface area contributed by atoms with E-state index in [9.17, 15) is 5.11 Å². The fourth-order valence-electron chi connectivity index (χ4n) is 1.64. The second kappa shape index (κ2) is 7.76. The summed E-state index contributed by atoms with van der Waals surface area (Å²) in [5.74, 6) is 0.656. The van der Waals surface area contributed by atoms with Gasteiger partial charge in [0.05, 0.1) is 10.7 Å². The van der Waals surface area contributed by atoms with E-state index in [1.165, 1.54) is 0 Å². The van der Waals surface area contributed by atoms with Gasteiger partial charge in [0.15, 0.2) is 0 Å². The lowest BCUT2D eigenvalue weighted by Crippen LogP contribution is -2.26. The molecule has 0 spiro atoms. The Morgan fingerprint density at radius 2 is 1.67 bits per heavy atom. The molecule has 21 heavy (non-hydrogen) atoms. The number of halogens is 3. The van der Waals surface area contributed by atoms with Gasteiger partial charge in [-0.25, -0.2) is 0 Å². The van der Waals surface area contributed by atoms with Gasteiger partial charge in [0, 0.05) is 16.6 Å². The zero-order valence-electron chi connectivity index (χ0n) is 11.0. The molecule has 2 aromatic rings. The van der Waals surface area contributed by atoms with Gasteiger partial charge in [0.1, 0.15) is 18.5 Å². The summed E-state index contributed by atoms with van der Waals surface area (Å²) in [6, 6.07) is 12.1. The third-order valence-electron chi connectivity index (χ3n) is 2.72. The molecule has 0 heterocycles. The fraction of sp³-hybridized carbons (Fsp3) is 0.200. The van der Waals surface area contributed by atoms with Crippen LogP contribution in [0.2, 0.25) is 15.1 Å². The van der Waals surface area contributed by atoms with Gasteiger partial charge in [-0.3, -0.25) is 0 Å². The third kappa shape index (κ3) is 5.29. The smallest absolute Gasteiger partial charge is 0.119 e. The first kappa shape index (κ1) is 16.2. The van der Waals surface area contributed by atoms with Crippen molar-refractivity contribution in [3.63, 3.8) is 0 Å². The number of aliphatic hydroxyl groups is 1. The predicted molar refractivity (Wildman–Crippen MR) is 87.9 cm³/mol. The van der Waals surface area contributed by atoms with E-state index in [4.69, 9.17) is 39.5 Å². The summed E-state index contributed by atoms with van der Waals surface area (Å²) < 4.78 is 5.46. The average Bonchev–Trinajstić information content (AvgIpc) is 2.46. The highest BCUT2D eigenvalue weighted by Crippen LogP contribution is 2.25. The van der Waals surface area contributed by atoms with Crippen molar-refractivity contribution < 1.29 is 9.84 Å². The van der Waals surface area contributed by atoms with E-state index >= 15 is 0 Å². The summed E-state index contributed by atoms with van der Waals surface area (Å²) in [5.41, 5.74) is 0.714. The molecule has 0 radical (unpaired) electrons. The van der Waals surface area contributed by atoms with Crippen molar-refractivity contribution in [2.45, 2.75) is 6.10 Å². The largest absolute Gasteiger partial charge is 0.491 e. The standard InChI is InChI=1S/C15H14Cl3NO2/c16-10-1-4-13(5-2-10)21-9-12(20)8-19-15-6-3-11(17)7-14(15)18/h1-7,12,19-20H,8-9H2. The van der Waals surface area contributed by atoms with Crippen LogP contribution in [0.5, 0.6) is 5.75 Å². The second-order valence-corrected chi connectivity index (χ2v) is 5.70. The van der Waals surface area contributed by atoms with Crippen molar-refractivity contribution in [1.82, 2.24) is 0 Å². The highest BCUT2D eigenvalue weighted by atomic mass is 35.5. The lowest BCUT2D eigenvalue weighted by molar-refractivity contribution is 0.117. The van der Waals surface area contributed by atoms with Crippen LogP contribution in [0, 0.1) is 0 Å². The number of anilines is 1. The first-order valence-electron chi connectivity index (χ1n) is 6.30. The predicted octanol–water partition coefficient (Wildman–Crippen LogP) is 4.50. The lowest BCUT2D eigenvalue weighted by Gasteiger charge is -2.15. The van der Waals surface area contributed by atoms with Crippen LogP contribution in [-0.4, -0.2) is 24.4 Å². The molecule has 0 aliphatic heterocycles. The Balaban J connectivity index is 1.79. The van der Waals surface area contributed by atoms with E-state index in [-0.39, 0.29) is 6.61 Å². The molecule has 112 valence electrons. The van der Waals surface area contributed by atoms with E-state index < -0.39 is 6.10 Å². The quantitative estimate of drug-likeness (QED) is 0.809. The van der Waals surface area contributed by atoms with Crippen molar-refractivity contribution >= 4 is 40.5 Å². The maximum atomic E-state index is 9.89. The van der Waals surface area contributed by atoms with Gasteiger partial charge in [-0.1, -0.05) is 34.8 Å².